The van der Waals surface area contributed by atoms with Crippen molar-refractivity contribution in [3.63, 3.8) is 0 Å². The van der Waals surface area contributed by atoms with Gasteiger partial charge in [0, 0.05) is 31.7 Å². The minimum absolute atomic E-state index is 0.0889. The van der Waals surface area contributed by atoms with Crippen molar-refractivity contribution in [3.8, 4) is 11.5 Å². The number of halogens is 1. The van der Waals surface area contributed by atoms with Crippen LogP contribution in [-0.2, 0) is 9.59 Å². The first-order valence-corrected chi connectivity index (χ1v) is 11.7. The monoisotopic (exact) mass is 485 g/mol. The number of hydrogen-bond donors (Lipinski definition) is 0. The molecule has 0 atom stereocenters. The van der Waals surface area contributed by atoms with Crippen LogP contribution in [0.1, 0.15) is 22.8 Å². The molecular weight excluding hydrogens is 458 g/mol. The highest BCUT2D eigenvalue weighted by molar-refractivity contribution is 6.32. The Bertz CT molecular complexity index is 1100. The van der Waals surface area contributed by atoms with E-state index >= 15 is 0 Å². The molecule has 1 fully saturated rings. The lowest BCUT2D eigenvalue weighted by atomic mass is 10.1. The summed E-state index contributed by atoms with van der Waals surface area (Å²) in [6, 6.07) is 10.2. The molecule has 2 amide bonds. The second-order valence-electron chi connectivity index (χ2n) is 8.41. The molecule has 2 aromatic rings. The number of fused-ring (bicyclic) bond motifs is 1. The Morgan fingerprint density at radius 2 is 1.85 bits per heavy atom. The smallest absolute Gasteiger partial charge is 0.265 e. The normalized spacial score (nSPS) is 16.1. The third-order valence-electron chi connectivity index (χ3n) is 6.13. The summed E-state index contributed by atoms with van der Waals surface area (Å²) >= 11 is 6.15. The molecule has 2 aromatic carbocycles. The zero-order valence-electron chi connectivity index (χ0n) is 19.4. The van der Waals surface area contributed by atoms with Crippen molar-refractivity contribution in [2.24, 2.45) is 0 Å². The van der Waals surface area contributed by atoms with E-state index in [4.69, 9.17) is 21.1 Å². The van der Waals surface area contributed by atoms with Crippen molar-refractivity contribution >= 4 is 34.9 Å². The van der Waals surface area contributed by atoms with Gasteiger partial charge in [0.15, 0.2) is 19.0 Å². The van der Waals surface area contributed by atoms with Crippen molar-refractivity contribution in [2.45, 2.75) is 13.8 Å². The zero-order chi connectivity index (χ0) is 24.2. The zero-order valence-corrected chi connectivity index (χ0v) is 20.1. The summed E-state index contributed by atoms with van der Waals surface area (Å²) in [5, 5.41) is 0.423. The summed E-state index contributed by atoms with van der Waals surface area (Å²) in [4.78, 5) is 43.9. The lowest BCUT2D eigenvalue weighted by Crippen LogP contribution is -2.52. The SMILES string of the molecule is CCN1CCN(C(=O)CN2C(=O)COc3ccc(C(=O)COc4cc(C)ccc4Cl)cc32)CC1. The Labute approximate surface area is 204 Å². The Balaban J connectivity index is 1.47. The number of piperazine rings is 1. The summed E-state index contributed by atoms with van der Waals surface area (Å²) in [5.74, 6) is 0.177. The van der Waals surface area contributed by atoms with E-state index in [1.807, 2.05) is 13.0 Å². The minimum Gasteiger partial charge on any atom is -0.484 e. The van der Waals surface area contributed by atoms with Crippen LogP contribution in [0.2, 0.25) is 5.02 Å². The van der Waals surface area contributed by atoms with Crippen LogP contribution in [0.15, 0.2) is 36.4 Å². The van der Waals surface area contributed by atoms with Gasteiger partial charge in [-0.25, -0.2) is 0 Å². The number of hydrogen-bond acceptors (Lipinski definition) is 6. The molecule has 34 heavy (non-hydrogen) atoms. The number of ether oxygens (including phenoxy) is 2. The third kappa shape index (κ3) is 5.34. The van der Waals surface area contributed by atoms with Crippen molar-refractivity contribution in [2.75, 3.05) is 57.4 Å². The van der Waals surface area contributed by atoms with Gasteiger partial charge in [0.1, 0.15) is 18.0 Å². The lowest BCUT2D eigenvalue weighted by molar-refractivity contribution is -0.133. The van der Waals surface area contributed by atoms with Gasteiger partial charge < -0.3 is 19.3 Å². The number of carbonyl (C=O) groups is 3. The number of benzene rings is 2. The van der Waals surface area contributed by atoms with Gasteiger partial charge in [0.2, 0.25) is 5.91 Å². The van der Waals surface area contributed by atoms with Crippen LogP contribution >= 0.6 is 11.6 Å². The molecule has 1 saturated heterocycles. The first-order chi connectivity index (χ1) is 16.4. The molecule has 0 unspecified atom stereocenters. The Morgan fingerprint density at radius 1 is 1.09 bits per heavy atom. The molecule has 0 saturated carbocycles. The molecule has 0 aliphatic carbocycles. The van der Waals surface area contributed by atoms with Crippen LogP contribution in [-0.4, -0.2) is 79.9 Å². The average Bonchev–Trinajstić information content (AvgIpc) is 2.85. The molecular formula is C25H28ClN3O5. The molecule has 180 valence electrons. The first kappa shape index (κ1) is 24.0. The topological polar surface area (TPSA) is 79.4 Å². The lowest BCUT2D eigenvalue weighted by Gasteiger charge is -2.36. The predicted octanol–water partition coefficient (Wildman–Crippen LogP) is 2.80. The van der Waals surface area contributed by atoms with Crippen molar-refractivity contribution < 1.29 is 23.9 Å². The number of Topliss-reactive ketones (excluding diaryl/α,β-unsaturated/α-hetero) is 1. The Kier molecular flexibility index (Phi) is 7.38. The highest BCUT2D eigenvalue weighted by atomic mass is 35.5. The molecule has 8 nitrogen and oxygen atoms in total. The molecule has 0 bridgehead atoms. The van der Waals surface area contributed by atoms with E-state index in [0.29, 0.717) is 40.9 Å². The fourth-order valence-electron chi connectivity index (χ4n) is 4.05. The Morgan fingerprint density at radius 3 is 2.59 bits per heavy atom. The maximum atomic E-state index is 12.9. The number of ketones is 1. The molecule has 9 heteroatoms. The van der Waals surface area contributed by atoms with E-state index in [2.05, 4.69) is 11.8 Å². The van der Waals surface area contributed by atoms with E-state index in [-0.39, 0.29) is 37.4 Å². The molecule has 2 aliphatic heterocycles. The summed E-state index contributed by atoms with van der Waals surface area (Å²) in [6.07, 6.45) is 0. The number of rotatable bonds is 7. The Hall–Kier alpha value is -3.10. The first-order valence-electron chi connectivity index (χ1n) is 11.3. The average molecular weight is 486 g/mol. The molecule has 0 radical (unpaired) electrons. The van der Waals surface area contributed by atoms with Gasteiger partial charge in [0.05, 0.1) is 10.7 Å². The van der Waals surface area contributed by atoms with Gasteiger partial charge in [-0.15, -0.1) is 0 Å². The maximum Gasteiger partial charge on any atom is 0.265 e. The van der Waals surface area contributed by atoms with Gasteiger partial charge >= 0.3 is 0 Å². The molecule has 2 heterocycles. The van der Waals surface area contributed by atoms with E-state index < -0.39 is 0 Å². The van der Waals surface area contributed by atoms with E-state index in [1.165, 1.54) is 4.90 Å². The van der Waals surface area contributed by atoms with Crippen LogP contribution < -0.4 is 14.4 Å². The number of carbonyl (C=O) groups excluding carboxylic acids is 3. The van der Waals surface area contributed by atoms with Crippen LogP contribution in [0.4, 0.5) is 5.69 Å². The fourth-order valence-corrected chi connectivity index (χ4v) is 4.22. The number of aryl methyl sites for hydroxylation is 1. The quantitative estimate of drug-likeness (QED) is 0.561. The van der Waals surface area contributed by atoms with Crippen molar-refractivity contribution in [1.29, 1.82) is 0 Å². The van der Waals surface area contributed by atoms with Crippen molar-refractivity contribution in [1.82, 2.24) is 9.80 Å². The number of nitrogens with zero attached hydrogens (tertiary/aromatic N) is 3. The van der Waals surface area contributed by atoms with E-state index in [0.717, 1.165) is 25.2 Å². The van der Waals surface area contributed by atoms with Crippen LogP contribution in [0.3, 0.4) is 0 Å². The second kappa shape index (κ2) is 10.4. The fraction of sp³-hybridized carbons (Fsp3) is 0.400. The van der Waals surface area contributed by atoms with Gasteiger partial charge in [-0.2, -0.15) is 0 Å². The second-order valence-corrected chi connectivity index (χ2v) is 8.82. The van der Waals surface area contributed by atoms with Crippen LogP contribution in [0.25, 0.3) is 0 Å². The highest BCUT2D eigenvalue weighted by Crippen LogP contribution is 2.33. The van der Waals surface area contributed by atoms with Crippen LogP contribution in [0.5, 0.6) is 11.5 Å². The number of likely N-dealkylation sites (N-methyl/N-ethyl adjacent to an activating group) is 1. The molecule has 0 spiro atoms. The number of amides is 2. The van der Waals surface area contributed by atoms with Gasteiger partial charge in [-0.05, 0) is 49.4 Å². The summed E-state index contributed by atoms with van der Waals surface area (Å²) in [6.45, 7) is 7.42. The standard InChI is InChI=1S/C25H28ClN3O5/c1-3-27-8-10-28(11-9-27)24(31)14-29-20-13-18(5-7-22(20)34-16-25(29)32)21(30)15-33-23-12-17(2)4-6-19(23)26/h4-7,12-13H,3,8-11,14-16H2,1-2H3. The summed E-state index contributed by atoms with van der Waals surface area (Å²) in [5.41, 5.74) is 1.73. The van der Waals surface area contributed by atoms with E-state index in [9.17, 15) is 14.4 Å². The predicted molar refractivity (Wildman–Crippen MR) is 129 cm³/mol. The van der Waals surface area contributed by atoms with Gasteiger partial charge in [0.25, 0.3) is 5.91 Å². The summed E-state index contributed by atoms with van der Waals surface area (Å²) in [7, 11) is 0. The van der Waals surface area contributed by atoms with Gasteiger partial charge in [-0.3, -0.25) is 19.3 Å². The molecule has 2 aliphatic rings. The largest absolute Gasteiger partial charge is 0.484 e. The third-order valence-corrected chi connectivity index (χ3v) is 6.45. The number of anilines is 1. The highest BCUT2D eigenvalue weighted by Gasteiger charge is 2.30. The van der Waals surface area contributed by atoms with E-state index in [1.54, 1.807) is 35.2 Å². The molecule has 4 rings (SSSR count). The van der Waals surface area contributed by atoms with Crippen LogP contribution in [0, 0.1) is 6.92 Å². The summed E-state index contributed by atoms with van der Waals surface area (Å²) < 4.78 is 11.2. The van der Waals surface area contributed by atoms with Gasteiger partial charge in [-0.1, -0.05) is 24.6 Å². The minimum atomic E-state index is -0.319. The van der Waals surface area contributed by atoms with Crippen molar-refractivity contribution in [3.05, 3.63) is 52.5 Å². The maximum absolute atomic E-state index is 12.9. The molecule has 0 aromatic heterocycles. The molecule has 0 N–H and O–H groups in total.